The van der Waals surface area contributed by atoms with E-state index in [-0.39, 0.29) is 6.61 Å². The maximum absolute atomic E-state index is 13.1. The summed E-state index contributed by atoms with van der Waals surface area (Å²) in [5.41, 5.74) is 6.87. The fourth-order valence-electron chi connectivity index (χ4n) is 1.65. The van der Waals surface area contributed by atoms with Crippen molar-refractivity contribution in [1.82, 2.24) is 0 Å². The average Bonchev–Trinajstić information content (AvgIpc) is 2.35. The molecule has 1 atom stereocenters. The third-order valence-corrected chi connectivity index (χ3v) is 3.00. The van der Waals surface area contributed by atoms with Crippen LogP contribution in [0.15, 0.2) is 46.9 Å². The molecule has 0 saturated heterocycles. The molecule has 0 saturated carbocycles. The second kappa shape index (κ2) is 6.04. The van der Waals surface area contributed by atoms with Crippen LogP contribution in [-0.4, -0.2) is 11.7 Å². The monoisotopic (exact) mass is 325 g/mol. The van der Waals surface area contributed by atoms with E-state index in [1.807, 2.05) is 0 Å². The number of anilines is 1. The zero-order chi connectivity index (χ0) is 13.8. The van der Waals surface area contributed by atoms with Gasteiger partial charge in [-0.2, -0.15) is 0 Å². The van der Waals surface area contributed by atoms with Crippen LogP contribution in [0.2, 0.25) is 0 Å². The topological polar surface area (TPSA) is 55.5 Å². The molecule has 0 bridgehead atoms. The van der Waals surface area contributed by atoms with E-state index < -0.39 is 11.9 Å². The highest BCUT2D eigenvalue weighted by Crippen LogP contribution is 2.22. The number of aliphatic hydroxyl groups is 1. The van der Waals surface area contributed by atoms with E-state index in [0.717, 1.165) is 0 Å². The Bertz CT molecular complexity index is 557. The quantitative estimate of drug-likeness (QED) is 0.848. The van der Waals surface area contributed by atoms with Crippen molar-refractivity contribution in [2.45, 2.75) is 6.10 Å². The lowest BCUT2D eigenvalue weighted by atomic mass is 10.1. The molecule has 0 aromatic heterocycles. The summed E-state index contributed by atoms with van der Waals surface area (Å²) < 4.78 is 19.1. The Balaban J connectivity index is 2.02. The van der Waals surface area contributed by atoms with E-state index in [1.165, 1.54) is 12.1 Å². The first-order valence-electron chi connectivity index (χ1n) is 5.67. The smallest absolute Gasteiger partial charge is 0.128 e. The molecule has 3 N–H and O–H groups in total. The Labute approximate surface area is 118 Å². The summed E-state index contributed by atoms with van der Waals surface area (Å²) in [7, 11) is 0. The molecule has 0 heterocycles. The van der Waals surface area contributed by atoms with E-state index >= 15 is 0 Å². The van der Waals surface area contributed by atoms with Gasteiger partial charge in [0.05, 0.1) is 0 Å². The van der Waals surface area contributed by atoms with E-state index in [1.54, 1.807) is 30.3 Å². The summed E-state index contributed by atoms with van der Waals surface area (Å²) in [4.78, 5) is 0. The van der Waals surface area contributed by atoms with Crippen LogP contribution in [0.1, 0.15) is 11.7 Å². The van der Waals surface area contributed by atoms with Crippen molar-refractivity contribution >= 4 is 21.6 Å². The van der Waals surface area contributed by atoms with Gasteiger partial charge in [-0.3, -0.25) is 0 Å². The van der Waals surface area contributed by atoms with Crippen molar-refractivity contribution in [1.29, 1.82) is 0 Å². The number of benzene rings is 2. The number of nitrogens with two attached hydrogens (primary N) is 1. The standard InChI is InChI=1S/C14H13BrFNO2/c15-10-5-11(16)7-13(6-10)19-8-14(18)9-2-1-3-12(17)4-9/h1-7,14,18H,8,17H2. The highest BCUT2D eigenvalue weighted by Gasteiger charge is 2.09. The van der Waals surface area contributed by atoms with E-state index in [9.17, 15) is 9.50 Å². The van der Waals surface area contributed by atoms with Gasteiger partial charge in [0.1, 0.15) is 24.3 Å². The molecule has 0 spiro atoms. The third kappa shape index (κ3) is 3.94. The lowest BCUT2D eigenvalue weighted by molar-refractivity contribution is 0.108. The summed E-state index contributed by atoms with van der Waals surface area (Å²) >= 11 is 3.18. The van der Waals surface area contributed by atoms with Gasteiger partial charge in [-0.05, 0) is 29.8 Å². The SMILES string of the molecule is Nc1cccc(C(O)COc2cc(F)cc(Br)c2)c1. The summed E-state index contributed by atoms with van der Waals surface area (Å²) in [6.45, 7) is 0.0271. The Morgan fingerprint density at radius 2 is 2.05 bits per heavy atom. The number of nitrogen functional groups attached to an aromatic ring is 1. The van der Waals surface area contributed by atoms with Gasteiger partial charge >= 0.3 is 0 Å². The van der Waals surface area contributed by atoms with Crippen LogP contribution in [0.5, 0.6) is 5.75 Å². The van der Waals surface area contributed by atoms with E-state index in [0.29, 0.717) is 21.5 Å². The van der Waals surface area contributed by atoms with Crippen LogP contribution in [0.25, 0.3) is 0 Å². The Kier molecular flexibility index (Phi) is 4.39. The van der Waals surface area contributed by atoms with Crippen LogP contribution < -0.4 is 10.5 Å². The maximum atomic E-state index is 13.1. The molecule has 2 rings (SSSR count). The van der Waals surface area contributed by atoms with Gasteiger partial charge in [-0.1, -0.05) is 28.1 Å². The number of hydrogen-bond acceptors (Lipinski definition) is 3. The van der Waals surface area contributed by atoms with Crippen molar-refractivity contribution in [2.24, 2.45) is 0 Å². The Morgan fingerprint density at radius 1 is 1.26 bits per heavy atom. The molecule has 19 heavy (non-hydrogen) atoms. The molecule has 0 aliphatic rings. The van der Waals surface area contributed by atoms with Crippen molar-refractivity contribution in [3.05, 3.63) is 58.3 Å². The maximum Gasteiger partial charge on any atom is 0.128 e. The Morgan fingerprint density at radius 3 is 2.74 bits per heavy atom. The van der Waals surface area contributed by atoms with Gasteiger partial charge in [-0.25, -0.2) is 4.39 Å². The minimum atomic E-state index is -0.814. The van der Waals surface area contributed by atoms with Gasteiger partial charge in [0.25, 0.3) is 0 Å². The molecule has 0 aliphatic carbocycles. The minimum Gasteiger partial charge on any atom is -0.490 e. The van der Waals surface area contributed by atoms with Crippen LogP contribution in [-0.2, 0) is 0 Å². The van der Waals surface area contributed by atoms with E-state index in [4.69, 9.17) is 10.5 Å². The molecule has 2 aromatic carbocycles. The van der Waals surface area contributed by atoms with Crippen LogP contribution >= 0.6 is 15.9 Å². The molecule has 3 nitrogen and oxygen atoms in total. The minimum absolute atomic E-state index is 0.0271. The van der Waals surface area contributed by atoms with Crippen molar-refractivity contribution in [2.75, 3.05) is 12.3 Å². The van der Waals surface area contributed by atoms with Crippen LogP contribution in [0, 0.1) is 5.82 Å². The van der Waals surface area contributed by atoms with Gasteiger partial charge in [-0.15, -0.1) is 0 Å². The number of hydrogen-bond donors (Lipinski definition) is 2. The normalized spacial score (nSPS) is 12.2. The molecular formula is C14H13BrFNO2. The second-order valence-corrected chi connectivity index (χ2v) is 5.02. The number of rotatable bonds is 4. The Hall–Kier alpha value is -1.59. The lowest BCUT2D eigenvalue weighted by Crippen LogP contribution is -2.10. The predicted octanol–water partition coefficient (Wildman–Crippen LogP) is 3.28. The fraction of sp³-hybridized carbons (Fsp3) is 0.143. The first-order valence-corrected chi connectivity index (χ1v) is 6.46. The largest absolute Gasteiger partial charge is 0.490 e. The number of ether oxygens (including phenoxy) is 1. The predicted molar refractivity (Wildman–Crippen MR) is 75.4 cm³/mol. The van der Waals surface area contributed by atoms with Crippen LogP contribution in [0.4, 0.5) is 10.1 Å². The molecule has 5 heteroatoms. The van der Waals surface area contributed by atoms with E-state index in [2.05, 4.69) is 15.9 Å². The first-order chi connectivity index (χ1) is 9.04. The lowest BCUT2D eigenvalue weighted by Gasteiger charge is -2.13. The number of halogens is 2. The molecule has 0 amide bonds. The van der Waals surface area contributed by atoms with Crippen molar-refractivity contribution in [3.63, 3.8) is 0 Å². The molecule has 0 aliphatic heterocycles. The van der Waals surface area contributed by atoms with Gasteiger partial charge in [0, 0.05) is 16.2 Å². The van der Waals surface area contributed by atoms with Crippen molar-refractivity contribution < 1.29 is 14.2 Å². The molecule has 100 valence electrons. The molecule has 0 fully saturated rings. The summed E-state index contributed by atoms with van der Waals surface area (Å²) in [6, 6.07) is 11.2. The van der Waals surface area contributed by atoms with Gasteiger partial charge in [0.2, 0.25) is 0 Å². The highest BCUT2D eigenvalue weighted by molar-refractivity contribution is 9.10. The fourth-order valence-corrected chi connectivity index (χ4v) is 2.09. The van der Waals surface area contributed by atoms with Crippen LogP contribution in [0.3, 0.4) is 0 Å². The molecule has 0 radical (unpaired) electrons. The summed E-state index contributed by atoms with van der Waals surface area (Å²) in [5, 5.41) is 9.96. The summed E-state index contributed by atoms with van der Waals surface area (Å²) in [6.07, 6.45) is -0.814. The summed E-state index contributed by atoms with van der Waals surface area (Å²) in [5.74, 6) is -0.0438. The molecule has 2 aromatic rings. The highest BCUT2D eigenvalue weighted by atomic mass is 79.9. The first kappa shape index (κ1) is 13.8. The third-order valence-electron chi connectivity index (χ3n) is 2.54. The number of aliphatic hydroxyl groups excluding tert-OH is 1. The molecular weight excluding hydrogens is 313 g/mol. The zero-order valence-corrected chi connectivity index (χ0v) is 11.6. The van der Waals surface area contributed by atoms with Gasteiger partial charge < -0.3 is 15.6 Å². The van der Waals surface area contributed by atoms with Crippen molar-refractivity contribution in [3.8, 4) is 5.75 Å². The van der Waals surface area contributed by atoms with Gasteiger partial charge in [0.15, 0.2) is 0 Å². The second-order valence-electron chi connectivity index (χ2n) is 4.10. The average molecular weight is 326 g/mol. The zero-order valence-electron chi connectivity index (χ0n) is 10.0. The molecule has 1 unspecified atom stereocenters.